The van der Waals surface area contributed by atoms with Gasteiger partial charge in [0, 0.05) is 43.8 Å². The number of carbonyl (C=O) groups excluding carboxylic acids is 1. The molecule has 1 aliphatic carbocycles. The highest BCUT2D eigenvalue weighted by Crippen LogP contribution is 2.54. The molecule has 1 aliphatic heterocycles. The van der Waals surface area contributed by atoms with E-state index in [0.717, 1.165) is 37.3 Å². The van der Waals surface area contributed by atoms with Crippen molar-refractivity contribution < 1.29 is 9.90 Å². The van der Waals surface area contributed by atoms with Crippen LogP contribution < -0.4 is 15.5 Å². The van der Waals surface area contributed by atoms with Crippen molar-refractivity contribution >= 4 is 23.2 Å². The fourth-order valence-electron chi connectivity index (χ4n) is 4.77. The summed E-state index contributed by atoms with van der Waals surface area (Å²) in [5.41, 5.74) is 2.20. The molecule has 184 valence electrons. The maximum Gasteiger partial charge on any atom is 0.259 e. The number of hydrogen-bond donors (Lipinski definition) is 3. The van der Waals surface area contributed by atoms with Gasteiger partial charge in [0.05, 0.1) is 17.7 Å². The van der Waals surface area contributed by atoms with Crippen LogP contribution in [0.15, 0.2) is 48.8 Å². The van der Waals surface area contributed by atoms with Crippen molar-refractivity contribution in [3.8, 4) is 11.4 Å². The predicted molar refractivity (Wildman–Crippen MR) is 139 cm³/mol. The first-order valence-corrected chi connectivity index (χ1v) is 12.3. The first-order valence-electron chi connectivity index (χ1n) is 12.3. The van der Waals surface area contributed by atoms with Gasteiger partial charge in [0.1, 0.15) is 17.5 Å². The lowest BCUT2D eigenvalue weighted by atomic mass is 9.93. The van der Waals surface area contributed by atoms with E-state index >= 15 is 0 Å². The van der Waals surface area contributed by atoms with E-state index in [-0.39, 0.29) is 12.5 Å². The topological polar surface area (TPSA) is 95.3 Å². The summed E-state index contributed by atoms with van der Waals surface area (Å²) in [4.78, 5) is 25.0. The fraction of sp³-hybridized carbons (Fsp3) is 0.444. The molecule has 1 aromatic carbocycles. The van der Waals surface area contributed by atoms with Crippen LogP contribution in [0.25, 0.3) is 11.4 Å². The van der Waals surface area contributed by atoms with Crippen molar-refractivity contribution in [3.63, 3.8) is 0 Å². The number of nitrogens with one attached hydrogen (secondary N) is 2. The number of imidazole rings is 1. The largest absolute Gasteiger partial charge is 0.394 e. The molecular formula is C27H34N6O2. The molecule has 8 heteroatoms. The molecule has 1 saturated heterocycles. The van der Waals surface area contributed by atoms with Gasteiger partial charge in [0.25, 0.3) is 5.91 Å². The standard InChI is InChI=1S/C27H34N6O2/c1-26(2,18-34)31-22-8-7-21(24(30-22)33-14-11-27(9-10-27)12-15-33)25(35)29-20-6-4-5-19(17-20)23-28-13-16-32(23)3/h4-8,13,16-17,34H,9-12,14-15,18H2,1-3H3,(H,29,35)(H,30,31). The summed E-state index contributed by atoms with van der Waals surface area (Å²) < 4.78 is 1.95. The number of aliphatic hydroxyl groups is 1. The van der Waals surface area contributed by atoms with Crippen LogP contribution in [-0.2, 0) is 7.05 Å². The van der Waals surface area contributed by atoms with Crippen LogP contribution in [0.3, 0.4) is 0 Å². The van der Waals surface area contributed by atoms with E-state index in [2.05, 4.69) is 20.5 Å². The van der Waals surface area contributed by atoms with Crippen molar-refractivity contribution in [3.05, 3.63) is 54.4 Å². The number of carbonyl (C=O) groups is 1. The average Bonchev–Trinajstić information content (AvgIpc) is 3.46. The Balaban J connectivity index is 1.41. The molecule has 1 amide bonds. The van der Waals surface area contributed by atoms with Gasteiger partial charge in [-0.15, -0.1) is 0 Å². The normalized spacial score (nSPS) is 16.9. The van der Waals surface area contributed by atoms with Crippen LogP contribution in [0, 0.1) is 5.41 Å². The average molecular weight is 475 g/mol. The lowest BCUT2D eigenvalue weighted by molar-refractivity contribution is 0.102. The fourth-order valence-corrected chi connectivity index (χ4v) is 4.77. The molecule has 5 rings (SSSR count). The van der Waals surface area contributed by atoms with Crippen LogP contribution in [-0.4, -0.2) is 50.8 Å². The van der Waals surface area contributed by atoms with Gasteiger partial charge in [-0.05, 0) is 69.2 Å². The number of nitrogens with zero attached hydrogens (tertiary/aromatic N) is 4. The van der Waals surface area contributed by atoms with E-state index in [1.807, 2.05) is 68.1 Å². The summed E-state index contributed by atoms with van der Waals surface area (Å²) in [6.07, 6.45) is 8.58. The number of hydrogen-bond acceptors (Lipinski definition) is 6. The summed E-state index contributed by atoms with van der Waals surface area (Å²) in [5.74, 6) is 1.99. The molecule has 0 atom stereocenters. The molecule has 1 spiro atoms. The van der Waals surface area contributed by atoms with Gasteiger partial charge >= 0.3 is 0 Å². The minimum Gasteiger partial charge on any atom is -0.394 e. The van der Waals surface area contributed by atoms with Crippen molar-refractivity contribution in [1.29, 1.82) is 0 Å². The van der Waals surface area contributed by atoms with Crippen LogP contribution in [0.4, 0.5) is 17.3 Å². The molecule has 2 fully saturated rings. The van der Waals surface area contributed by atoms with Gasteiger partial charge in [0.15, 0.2) is 0 Å². The van der Waals surface area contributed by atoms with Crippen molar-refractivity contribution in [2.75, 3.05) is 35.2 Å². The maximum absolute atomic E-state index is 13.5. The number of piperidine rings is 1. The van der Waals surface area contributed by atoms with E-state index in [9.17, 15) is 9.90 Å². The van der Waals surface area contributed by atoms with Crippen molar-refractivity contribution in [2.24, 2.45) is 12.5 Å². The third-order valence-electron chi connectivity index (χ3n) is 7.26. The lowest BCUT2D eigenvalue weighted by Gasteiger charge is -2.34. The molecule has 1 saturated carbocycles. The van der Waals surface area contributed by atoms with Crippen LogP contribution in [0.5, 0.6) is 0 Å². The second-order valence-electron chi connectivity index (χ2n) is 10.6. The SMILES string of the molecule is Cn1ccnc1-c1cccc(NC(=O)c2ccc(NC(C)(C)CO)nc2N2CCC3(CC2)CC3)c1. The molecule has 0 radical (unpaired) electrons. The zero-order valence-corrected chi connectivity index (χ0v) is 20.7. The van der Waals surface area contributed by atoms with Crippen molar-refractivity contribution in [2.45, 2.75) is 45.1 Å². The molecular weight excluding hydrogens is 440 g/mol. The summed E-state index contributed by atoms with van der Waals surface area (Å²) in [7, 11) is 1.95. The first-order chi connectivity index (χ1) is 16.8. The molecule has 2 aliphatic rings. The van der Waals surface area contributed by atoms with E-state index in [4.69, 9.17) is 4.98 Å². The van der Waals surface area contributed by atoms with Crippen LogP contribution in [0.1, 0.15) is 49.9 Å². The number of aromatic nitrogens is 3. The number of aliphatic hydroxyl groups excluding tert-OH is 1. The Morgan fingerprint density at radius 3 is 2.57 bits per heavy atom. The molecule has 35 heavy (non-hydrogen) atoms. The Morgan fingerprint density at radius 1 is 1.14 bits per heavy atom. The minimum absolute atomic E-state index is 0.0230. The van der Waals surface area contributed by atoms with Gasteiger partial charge in [-0.3, -0.25) is 4.79 Å². The Kier molecular flexibility index (Phi) is 6.01. The number of anilines is 3. The quantitative estimate of drug-likeness (QED) is 0.473. The second-order valence-corrected chi connectivity index (χ2v) is 10.6. The number of aryl methyl sites for hydroxylation is 1. The van der Waals surface area contributed by atoms with Crippen molar-refractivity contribution in [1.82, 2.24) is 14.5 Å². The van der Waals surface area contributed by atoms with Crippen LogP contribution in [0.2, 0.25) is 0 Å². The second kappa shape index (κ2) is 9.00. The Morgan fingerprint density at radius 2 is 1.91 bits per heavy atom. The molecule has 8 nitrogen and oxygen atoms in total. The van der Waals surface area contributed by atoms with Gasteiger partial charge in [-0.1, -0.05) is 12.1 Å². The number of pyridine rings is 1. The lowest BCUT2D eigenvalue weighted by Crippen LogP contribution is -2.38. The molecule has 0 unspecified atom stereocenters. The zero-order valence-electron chi connectivity index (χ0n) is 20.7. The molecule has 2 aromatic heterocycles. The Bertz CT molecular complexity index is 1220. The summed E-state index contributed by atoms with van der Waals surface area (Å²) in [6.45, 7) is 5.61. The smallest absolute Gasteiger partial charge is 0.259 e. The van der Waals surface area contributed by atoms with Gasteiger partial charge in [-0.2, -0.15) is 0 Å². The van der Waals surface area contributed by atoms with Gasteiger partial charge < -0.3 is 25.2 Å². The number of amides is 1. The predicted octanol–water partition coefficient (Wildman–Crippen LogP) is 4.30. The summed E-state index contributed by atoms with van der Waals surface area (Å²) in [5, 5.41) is 16.0. The highest BCUT2D eigenvalue weighted by molar-refractivity contribution is 6.08. The Labute approximate surface area is 206 Å². The zero-order chi connectivity index (χ0) is 24.6. The van der Waals surface area contributed by atoms with Gasteiger partial charge in [0.2, 0.25) is 0 Å². The number of rotatable bonds is 7. The highest BCUT2D eigenvalue weighted by Gasteiger charge is 2.45. The Hall–Kier alpha value is -3.39. The molecule has 3 N–H and O–H groups in total. The summed E-state index contributed by atoms with van der Waals surface area (Å²) in [6, 6.07) is 11.4. The van der Waals surface area contributed by atoms with E-state index in [0.29, 0.717) is 28.3 Å². The summed E-state index contributed by atoms with van der Waals surface area (Å²) >= 11 is 0. The number of benzene rings is 1. The van der Waals surface area contributed by atoms with E-state index in [1.54, 1.807) is 6.20 Å². The van der Waals surface area contributed by atoms with E-state index in [1.165, 1.54) is 12.8 Å². The molecule has 3 aromatic rings. The molecule has 0 bridgehead atoms. The van der Waals surface area contributed by atoms with Crippen LogP contribution >= 0.6 is 0 Å². The first kappa shape index (κ1) is 23.4. The van der Waals surface area contributed by atoms with Gasteiger partial charge in [-0.25, -0.2) is 9.97 Å². The third-order valence-corrected chi connectivity index (χ3v) is 7.26. The third kappa shape index (κ3) is 5.03. The molecule has 3 heterocycles. The monoisotopic (exact) mass is 474 g/mol. The highest BCUT2D eigenvalue weighted by atomic mass is 16.3. The van der Waals surface area contributed by atoms with E-state index < -0.39 is 5.54 Å². The minimum atomic E-state index is -0.514. The maximum atomic E-state index is 13.5.